The van der Waals surface area contributed by atoms with Crippen LogP contribution >= 0.6 is 0 Å². The largest absolute Gasteiger partial charge is 0.394 e. The Kier molecular flexibility index (Phi) is 4.99. The third kappa shape index (κ3) is 4.01. The molecule has 0 radical (unpaired) electrons. The van der Waals surface area contributed by atoms with Gasteiger partial charge in [-0.15, -0.1) is 0 Å². The van der Waals surface area contributed by atoms with E-state index in [4.69, 9.17) is 5.11 Å². The van der Waals surface area contributed by atoms with E-state index in [0.717, 1.165) is 29.9 Å². The summed E-state index contributed by atoms with van der Waals surface area (Å²) in [5, 5.41) is 24.2. The molecule has 0 bridgehead atoms. The van der Waals surface area contributed by atoms with E-state index in [0.29, 0.717) is 25.9 Å². The summed E-state index contributed by atoms with van der Waals surface area (Å²) in [4.78, 5) is 2.22. The molecule has 0 aliphatic carbocycles. The molecule has 0 spiro atoms. The van der Waals surface area contributed by atoms with E-state index < -0.39 is 5.60 Å². The second-order valence-electron chi connectivity index (χ2n) is 6.71. The van der Waals surface area contributed by atoms with Gasteiger partial charge in [0.1, 0.15) is 5.82 Å². The third-order valence-corrected chi connectivity index (χ3v) is 4.63. The molecule has 6 heteroatoms. The Morgan fingerprint density at radius 2 is 2.04 bits per heavy atom. The minimum atomic E-state index is -0.771. The minimum absolute atomic E-state index is 0.0711. The number of hydrogen-bond acceptors (Lipinski definition) is 4. The molecule has 24 heavy (non-hydrogen) atoms. The molecule has 1 fully saturated rings. The first-order valence-electron chi connectivity index (χ1n) is 8.30. The number of hydrogen-bond donors (Lipinski definition) is 2. The van der Waals surface area contributed by atoms with Gasteiger partial charge in [-0.05, 0) is 31.0 Å². The molecule has 130 valence electrons. The van der Waals surface area contributed by atoms with E-state index >= 15 is 0 Å². The van der Waals surface area contributed by atoms with Crippen molar-refractivity contribution in [3.8, 4) is 0 Å². The number of rotatable bonds is 6. The number of aromatic nitrogens is 2. The lowest BCUT2D eigenvalue weighted by molar-refractivity contribution is 0.0488. The lowest BCUT2D eigenvalue weighted by Crippen LogP contribution is -2.35. The first-order chi connectivity index (χ1) is 11.5. The molecule has 3 rings (SSSR count). The summed E-state index contributed by atoms with van der Waals surface area (Å²) in [6.45, 7) is 4.68. The molecule has 1 aliphatic rings. The molecule has 1 saturated heterocycles. The summed E-state index contributed by atoms with van der Waals surface area (Å²) < 4.78 is 14.8. The molecule has 0 amide bonds. The van der Waals surface area contributed by atoms with Crippen LogP contribution in [0.1, 0.15) is 23.2 Å². The number of halogens is 1. The molecular formula is C18H24FN3O2. The Balaban J connectivity index is 1.61. The minimum Gasteiger partial charge on any atom is -0.394 e. The lowest BCUT2D eigenvalue weighted by atomic mass is 9.94. The maximum atomic E-state index is 13.0. The maximum absolute atomic E-state index is 13.0. The van der Waals surface area contributed by atoms with Gasteiger partial charge in [0.05, 0.1) is 24.4 Å². The second kappa shape index (κ2) is 7.01. The standard InChI is InChI=1S/C18H24FN3O2/c1-14-16(12-22(20-14)8-9-23)11-21-7-6-18(24,13-21)10-15-2-4-17(19)5-3-15/h2-5,12,23-24H,6-11,13H2,1H3. The molecular weight excluding hydrogens is 309 g/mol. The normalized spacial score (nSPS) is 21.5. The average molecular weight is 333 g/mol. The van der Waals surface area contributed by atoms with Crippen LogP contribution < -0.4 is 0 Å². The van der Waals surface area contributed by atoms with Crippen LogP contribution in [0.5, 0.6) is 0 Å². The first-order valence-corrected chi connectivity index (χ1v) is 8.30. The highest BCUT2D eigenvalue weighted by atomic mass is 19.1. The predicted octanol–water partition coefficient (Wildman–Crippen LogP) is 1.50. The SMILES string of the molecule is Cc1nn(CCO)cc1CN1CCC(O)(Cc2ccc(F)cc2)C1. The molecule has 5 nitrogen and oxygen atoms in total. The van der Waals surface area contributed by atoms with E-state index in [-0.39, 0.29) is 12.4 Å². The van der Waals surface area contributed by atoms with Crippen molar-refractivity contribution in [3.05, 3.63) is 53.1 Å². The van der Waals surface area contributed by atoms with Gasteiger partial charge in [0.15, 0.2) is 0 Å². The number of nitrogens with zero attached hydrogens (tertiary/aromatic N) is 3. The highest BCUT2D eigenvalue weighted by Crippen LogP contribution is 2.27. The molecule has 1 aromatic heterocycles. The van der Waals surface area contributed by atoms with Crippen LogP contribution in [0.2, 0.25) is 0 Å². The van der Waals surface area contributed by atoms with Crippen molar-refractivity contribution in [2.75, 3.05) is 19.7 Å². The van der Waals surface area contributed by atoms with Gasteiger partial charge in [-0.1, -0.05) is 12.1 Å². The van der Waals surface area contributed by atoms with Crippen molar-refractivity contribution in [1.82, 2.24) is 14.7 Å². The van der Waals surface area contributed by atoms with Gasteiger partial charge in [0, 0.05) is 37.8 Å². The molecule has 0 saturated carbocycles. The Bertz CT molecular complexity index is 686. The number of aryl methyl sites for hydroxylation is 1. The summed E-state index contributed by atoms with van der Waals surface area (Å²) in [6.07, 6.45) is 3.20. The number of β-amino-alcohol motifs (C(OH)–C–C–N with tert-alkyl or cyclic N) is 1. The van der Waals surface area contributed by atoms with Crippen LogP contribution in [0.3, 0.4) is 0 Å². The van der Waals surface area contributed by atoms with Crippen LogP contribution in [-0.4, -0.2) is 50.2 Å². The summed E-state index contributed by atoms with van der Waals surface area (Å²) in [7, 11) is 0. The zero-order valence-corrected chi connectivity index (χ0v) is 14.0. The van der Waals surface area contributed by atoms with Crippen LogP contribution in [0, 0.1) is 12.7 Å². The van der Waals surface area contributed by atoms with E-state index in [9.17, 15) is 9.50 Å². The molecule has 2 N–H and O–H groups in total. The molecule has 1 unspecified atom stereocenters. The van der Waals surface area contributed by atoms with Crippen molar-refractivity contribution in [1.29, 1.82) is 0 Å². The van der Waals surface area contributed by atoms with Crippen LogP contribution in [0.15, 0.2) is 30.5 Å². The van der Waals surface area contributed by atoms with Gasteiger partial charge in [-0.3, -0.25) is 9.58 Å². The smallest absolute Gasteiger partial charge is 0.123 e. The molecule has 2 aromatic rings. The van der Waals surface area contributed by atoms with Gasteiger partial charge < -0.3 is 10.2 Å². The van der Waals surface area contributed by atoms with Crippen molar-refractivity contribution in [2.24, 2.45) is 0 Å². The molecule has 1 aliphatic heterocycles. The summed E-state index contributed by atoms with van der Waals surface area (Å²) in [5.41, 5.74) is 2.26. The van der Waals surface area contributed by atoms with Crippen molar-refractivity contribution < 1.29 is 14.6 Å². The van der Waals surface area contributed by atoms with Gasteiger partial charge in [0.25, 0.3) is 0 Å². The van der Waals surface area contributed by atoms with Gasteiger partial charge in [0.2, 0.25) is 0 Å². The monoisotopic (exact) mass is 333 g/mol. The van der Waals surface area contributed by atoms with Crippen molar-refractivity contribution in [2.45, 2.75) is 38.5 Å². The zero-order valence-electron chi connectivity index (χ0n) is 14.0. The third-order valence-electron chi connectivity index (χ3n) is 4.63. The fourth-order valence-electron chi connectivity index (χ4n) is 3.37. The maximum Gasteiger partial charge on any atom is 0.123 e. The number of benzene rings is 1. The van der Waals surface area contributed by atoms with Gasteiger partial charge in [-0.25, -0.2) is 4.39 Å². The Morgan fingerprint density at radius 1 is 1.29 bits per heavy atom. The zero-order chi connectivity index (χ0) is 17.2. The quantitative estimate of drug-likeness (QED) is 0.841. The Hall–Kier alpha value is -1.76. The van der Waals surface area contributed by atoms with E-state index in [1.54, 1.807) is 16.8 Å². The van der Waals surface area contributed by atoms with Crippen molar-refractivity contribution in [3.63, 3.8) is 0 Å². The number of aliphatic hydroxyl groups is 2. The van der Waals surface area contributed by atoms with Gasteiger partial charge >= 0.3 is 0 Å². The predicted molar refractivity (Wildman–Crippen MR) is 89.0 cm³/mol. The van der Waals surface area contributed by atoms with E-state index in [1.165, 1.54) is 12.1 Å². The second-order valence-corrected chi connectivity index (χ2v) is 6.71. The van der Waals surface area contributed by atoms with Crippen molar-refractivity contribution >= 4 is 0 Å². The first kappa shape index (κ1) is 17.1. The van der Waals surface area contributed by atoms with Crippen LogP contribution in [0.25, 0.3) is 0 Å². The van der Waals surface area contributed by atoms with Gasteiger partial charge in [-0.2, -0.15) is 5.10 Å². The topological polar surface area (TPSA) is 61.5 Å². The van der Waals surface area contributed by atoms with Crippen LogP contribution in [-0.2, 0) is 19.5 Å². The van der Waals surface area contributed by atoms with Crippen LogP contribution in [0.4, 0.5) is 4.39 Å². The Morgan fingerprint density at radius 3 is 2.75 bits per heavy atom. The Labute approximate surface area is 141 Å². The highest BCUT2D eigenvalue weighted by Gasteiger charge is 2.36. The molecule has 2 heterocycles. The highest BCUT2D eigenvalue weighted by molar-refractivity contribution is 5.20. The summed E-state index contributed by atoms with van der Waals surface area (Å²) >= 11 is 0. The fraction of sp³-hybridized carbons (Fsp3) is 0.500. The fourth-order valence-corrected chi connectivity index (χ4v) is 3.37. The van der Waals surface area contributed by atoms with E-state index in [2.05, 4.69) is 10.00 Å². The number of aliphatic hydroxyl groups excluding tert-OH is 1. The molecule has 1 aromatic carbocycles. The van der Waals surface area contributed by atoms with E-state index in [1.807, 2.05) is 13.1 Å². The summed E-state index contributed by atoms with van der Waals surface area (Å²) in [6, 6.07) is 6.34. The average Bonchev–Trinajstić information content (AvgIpc) is 3.06. The lowest BCUT2D eigenvalue weighted by Gasteiger charge is -2.23. The number of likely N-dealkylation sites (tertiary alicyclic amines) is 1. The molecule has 1 atom stereocenters. The summed E-state index contributed by atoms with van der Waals surface area (Å²) in [5.74, 6) is -0.255.